The molecule has 0 unspecified atom stereocenters. The molecule has 1 aromatic carbocycles. The average molecular weight is 442 g/mol. The number of amidine groups is 1. The number of likely N-dealkylation sites (tertiary alicyclic amines) is 1. The van der Waals surface area contributed by atoms with E-state index in [0.717, 1.165) is 31.4 Å². The van der Waals surface area contributed by atoms with E-state index in [1.165, 1.54) is 25.7 Å². The normalized spacial score (nSPS) is 28.2. The third kappa shape index (κ3) is 4.90. The Morgan fingerprint density at radius 1 is 1.12 bits per heavy atom. The number of piperidine rings is 1. The van der Waals surface area contributed by atoms with Crippen molar-refractivity contribution in [2.24, 2.45) is 22.7 Å². The van der Waals surface area contributed by atoms with Crippen molar-refractivity contribution in [3.8, 4) is 0 Å². The van der Waals surface area contributed by atoms with Gasteiger partial charge in [0.2, 0.25) is 11.8 Å². The minimum Gasteiger partial charge on any atom is -0.409 e. The highest BCUT2D eigenvalue weighted by molar-refractivity contribution is 5.97. The molecule has 2 saturated heterocycles. The number of hydrogen-bond acceptors (Lipinski definition) is 5. The lowest BCUT2D eigenvalue weighted by molar-refractivity contribution is -0.142. The summed E-state index contributed by atoms with van der Waals surface area (Å²) in [6, 6.07) is 6.89. The smallest absolute Gasteiger partial charge is 0.242 e. The van der Waals surface area contributed by atoms with E-state index in [-0.39, 0.29) is 29.7 Å². The fourth-order valence-electron chi connectivity index (χ4n) is 5.71. The molecule has 0 bridgehead atoms. The van der Waals surface area contributed by atoms with E-state index in [4.69, 9.17) is 10.9 Å². The molecule has 2 heterocycles. The van der Waals surface area contributed by atoms with Crippen molar-refractivity contribution in [3.63, 3.8) is 0 Å². The first-order valence-corrected chi connectivity index (χ1v) is 12.0. The van der Waals surface area contributed by atoms with Crippen molar-refractivity contribution in [1.29, 1.82) is 0 Å². The van der Waals surface area contributed by atoms with Gasteiger partial charge in [-0.1, -0.05) is 48.7 Å². The fraction of sp³-hybridized carbons (Fsp3) is 0.625. The lowest BCUT2D eigenvalue weighted by Crippen LogP contribution is -2.58. The van der Waals surface area contributed by atoms with E-state index >= 15 is 0 Å². The summed E-state index contributed by atoms with van der Waals surface area (Å²) in [4.78, 5) is 28.2. The maximum Gasteiger partial charge on any atom is 0.242 e. The minimum absolute atomic E-state index is 0.0554. The van der Waals surface area contributed by atoms with Crippen molar-refractivity contribution in [3.05, 3.63) is 35.4 Å². The summed E-state index contributed by atoms with van der Waals surface area (Å²) in [6.45, 7) is 2.07. The lowest BCUT2D eigenvalue weighted by atomic mass is 9.71. The molecule has 2 amide bonds. The average Bonchev–Trinajstić information content (AvgIpc) is 3.33. The maximum atomic E-state index is 13.4. The Balaban J connectivity index is 1.31. The van der Waals surface area contributed by atoms with Gasteiger partial charge in [0.25, 0.3) is 0 Å². The second-order valence-corrected chi connectivity index (χ2v) is 9.34. The molecule has 1 aromatic rings. The number of oxime groups is 1. The maximum absolute atomic E-state index is 13.4. The zero-order chi connectivity index (χ0) is 22.5. The first kappa shape index (κ1) is 22.6. The summed E-state index contributed by atoms with van der Waals surface area (Å²) in [5, 5.41) is 18.2. The van der Waals surface area contributed by atoms with Gasteiger partial charge in [-0.3, -0.25) is 9.59 Å². The van der Waals surface area contributed by atoms with E-state index in [2.05, 4.69) is 15.8 Å². The number of nitrogens with two attached hydrogens (primary N) is 1. The van der Waals surface area contributed by atoms with E-state index in [1.54, 1.807) is 12.1 Å². The van der Waals surface area contributed by atoms with E-state index in [9.17, 15) is 9.59 Å². The SMILES string of the molecule is NC(=NO)c1ccc(CCNC(=O)[C@@H]2CCCN2C(=O)[C@@H]2NCC[C@@H]3CCCC[C@@H]32)cc1. The summed E-state index contributed by atoms with van der Waals surface area (Å²) in [7, 11) is 0. The Morgan fingerprint density at radius 2 is 1.91 bits per heavy atom. The van der Waals surface area contributed by atoms with Gasteiger partial charge in [-0.2, -0.15) is 0 Å². The molecule has 8 nitrogen and oxygen atoms in total. The molecular formula is C24H35N5O3. The van der Waals surface area contributed by atoms with Crippen molar-refractivity contribution in [1.82, 2.24) is 15.5 Å². The van der Waals surface area contributed by atoms with Gasteiger partial charge in [0.15, 0.2) is 5.84 Å². The monoisotopic (exact) mass is 441 g/mol. The molecule has 0 radical (unpaired) electrons. The number of nitrogens with zero attached hydrogens (tertiary/aromatic N) is 2. The van der Waals surface area contributed by atoms with Crippen molar-refractivity contribution in [2.75, 3.05) is 19.6 Å². The molecule has 2 aliphatic heterocycles. The lowest BCUT2D eigenvalue weighted by Gasteiger charge is -2.43. The summed E-state index contributed by atoms with van der Waals surface area (Å²) >= 11 is 0. The van der Waals surface area contributed by atoms with Gasteiger partial charge in [-0.25, -0.2) is 0 Å². The van der Waals surface area contributed by atoms with Crippen LogP contribution in [0.1, 0.15) is 56.1 Å². The van der Waals surface area contributed by atoms with Crippen LogP contribution in [0.5, 0.6) is 0 Å². The quantitative estimate of drug-likeness (QED) is 0.231. The number of nitrogens with one attached hydrogen (secondary N) is 2. The van der Waals surface area contributed by atoms with Gasteiger partial charge in [0.05, 0.1) is 6.04 Å². The highest BCUT2D eigenvalue weighted by Crippen LogP contribution is 2.37. The number of rotatable bonds is 6. The molecule has 3 fully saturated rings. The molecule has 5 N–H and O–H groups in total. The number of hydrogen-bond donors (Lipinski definition) is 4. The van der Waals surface area contributed by atoms with Crippen LogP contribution >= 0.6 is 0 Å². The summed E-state index contributed by atoms with van der Waals surface area (Å²) in [5.74, 6) is 1.21. The third-order valence-electron chi connectivity index (χ3n) is 7.45. The Labute approximate surface area is 189 Å². The van der Waals surface area contributed by atoms with E-state index < -0.39 is 0 Å². The molecule has 4 rings (SSSR count). The Bertz CT molecular complexity index is 839. The van der Waals surface area contributed by atoms with Crippen LogP contribution in [0.4, 0.5) is 0 Å². The zero-order valence-corrected chi connectivity index (χ0v) is 18.6. The number of amides is 2. The molecule has 174 valence electrons. The van der Waals surface area contributed by atoms with Gasteiger partial charge in [-0.05, 0) is 56.0 Å². The Kier molecular flexibility index (Phi) is 7.29. The number of fused-ring (bicyclic) bond motifs is 1. The van der Waals surface area contributed by atoms with Crippen LogP contribution in [-0.4, -0.2) is 59.5 Å². The highest BCUT2D eigenvalue weighted by atomic mass is 16.4. The topological polar surface area (TPSA) is 120 Å². The zero-order valence-electron chi connectivity index (χ0n) is 18.6. The van der Waals surface area contributed by atoms with Crippen LogP contribution in [-0.2, 0) is 16.0 Å². The van der Waals surface area contributed by atoms with Crippen molar-refractivity contribution in [2.45, 2.75) is 63.5 Å². The first-order valence-electron chi connectivity index (χ1n) is 12.0. The molecule has 3 aliphatic rings. The van der Waals surface area contributed by atoms with Gasteiger partial charge in [0, 0.05) is 18.7 Å². The number of carbonyl (C=O) groups is 2. The van der Waals surface area contributed by atoms with Gasteiger partial charge in [-0.15, -0.1) is 0 Å². The molecule has 1 saturated carbocycles. The van der Waals surface area contributed by atoms with Crippen LogP contribution in [0.3, 0.4) is 0 Å². The largest absolute Gasteiger partial charge is 0.409 e. The predicted octanol–water partition coefficient (Wildman–Crippen LogP) is 1.60. The van der Waals surface area contributed by atoms with Gasteiger partial charge in [0.1, 0.15) is 6.04 Å². The van der Waals surface area contributed by atoms with Gasteiger partial charge >= 0.3 is 0 Å². The van der Waals surface area contributed by atoms with Crippen molar-refractivity contribution < 1.29 is 14.8 Å². The number of benzene rings is 1. The summed E-state index contributed by atoms with van der Waals surface area (Å²) < 4.78 is 0. The minimum atomic E-state index is -0.365. The third-order valence-corrected chi connectivity index (χ3v) is 7.45. The number of carbonyl (C=O) groups excluding carboxylic acids is 2. The Morgan fingerprint density at radius 3 is 2.69 bits per heavy atom. The first-order chi connectivity index (χ1) is 15.6. The van der Waals surface area contributed by atoms with Crippen LogP contribution < -0.4 is 16.4 Å². The van der Waals surface area contributed by atoms with Crippen LogP contribution in [0.15, 0.2) is 29.4 Å². The second-order valence-electron chi connectivity index (χ2n) is 9.34. The molecule has 4 atom stereocenters. The molecule has 0 spiro atoms. The predicted molar refractivity (Wildman–Crippen MR) is 122 cm³/mol. The van der Waals surface area contributed by atoms with E-state index in [0.29, 0.717) is 36.9 Å². The van der Waals surface area contributed by atoms with Crippen molar-refractivity contribution >= 4 is 17.6 Å². The van der Waals surface area contributed by atoms with Crippen LogP contribution in [0, 0.1) is 11.8 Å². The molecule has 1 aliphatic carbocycles. The van der Waals surface area contributed by atoms with E-state index in [1.807, 2.05) is 17.0 Å². The standard InChI is InChI=1S/C24H35N5O3/c25-22(28-32)18-9-7-16(8-10-18)11-13-27-23(30)20-6-3-15-29(20)24(31)21-19-5-2-1-4-17(19)12-14-26-21/h7-10,17,19-21,26,32H,1-6,11-15H2,(H2,25,28)(H,27,30)/t17-,19-,20-,21+/m0/s1. The molecule has 32 heavy (non-hydrogen) atoms. The molecular weight excluding hydrogens is 406 g/mol. The summed E-state index contributed by atoms with van der Waals surface area (Å²) in [6.07, 6.45) is 8.29. The second kappa shape index (κ2) is 10.3. The summed E-state index contributed by atoms with van der Waals surface area (Å²) in [5.41, 5.74) is 7.29. The molecule has 8 heteroatoms. The van der Waals surface area contributed by atoms with Crippen LogP contribution in [0.25, 0.3) is 0 Å². The van der Waals surface area contributed by atoms with Crippen LogP contribution in [0.2, 0.25) is 0 Å². The van der Waals surface area contributed by atoms with Gasteiger partial charge < -0.3 is 26.5 Å². The molecule has 0 aromatic heterocycles. The Hall–Kier alpha value is -2.61. The fourth-order valence-corrected chi connectivity index (χ4v) is 5.71. The highest BCUT2D eigenvalue weighted by Gasteiger charge is 2.43.